The van der Waals surface area contributed by atoms with Gasteiger partial charge in [-0.2, -0.15) is 0 Å². The maximum atomic E-state index is 12.9. The normalized spacial score (nSPS) is 14.3. The number of phosphoric acid groups is 1. The molecule has 0 saturated heterocycles. The van der Waals surface area contributed by atoms with Gasteiger partial charge in [-0.3, -0.25) is 9.36 Å². The molecule has 0 radical (unpaired) electrons. The largest absolute Gasteiger partial charge is 0.756 e. The second-order valence-electron chi connectivity index (χ2n) is 21.3. The minimum atomic E-state index is -4.61. The highest BCUT2D eigenvalue weighted by Crippen LogP contribution is 2.38. The predicted molar refractivity (Wildman–Crippen MR) is 302 cm³/mol. The van der Waals surface area contributed by atoms with E-state index in [1.807, 2.05) is 27.2 Å². The zero-order valence-electron chi connectivity index (χ0n) is 46.7. The summed E-state index contributed by atoms with van der Waals surface area (Å²) in [5, 5.41) is 13.9. The number of allylic oxidation sites excluding steroid dienone is 9. The van der Waals surface area contributed by atoms with Gasteiger partial charge in [-0.1, -0.05) is 254 Å². The third-order valence-corrected chi connectivity index (χ3v) is 14.2. The molecule has 3 unspecified atom stereocenters. The second kappa shape index (κ2) is 52.1. The SMILES string of the molecule is CCCCC/C=C\C/C=C\C/C=C\CCCCCCCCC(=O)NC(COP(=O)([O-])OCC[N+](C)(C)C)C(O)/C=C/CC/C=C/CCCCCCCCCCCCCCCCCCCCCCCCC. The van der Waals surface area contributed by atoms with Crippen molar-refractivity contribution in [2.24, 2.45) is 0 Å². The molecule has 0 heterocycles. The molecule has 0 bridgehead atoms. The number of rotatable bonds is 54. The van der Waals surface area contributed by atoms with Gasteiger partial charge in [0.05, 0.1) is 39.9 Å². The molecule has 9 heteroatoms. The Bertz CT molecular complexity index is 1320. The minimum absolute atomic E-state index is 0.0111. The minimum Gasteiger partial charge on any atom is -0.756 e. The Morgan fingerprint density at radius 1 is 0.500 bits per heavy atom. The molecule has 1 amide bonds. The zero-order chi connectivity index (χ0) is 51.3. The molecule has 0 fully saturated rings. The summed E-state index contributed by atoms with van der Waals surface area (Å²) < 4.78 is 23.3. The number of unbranched alkanes of at least 4 members (excludes halogenated alkanes) is 33. The van der Waals surface area contributed by atoms with Crippen LogP contribution >= 0.6 is 7.82 Å². The fraction of sp³-hybridized carbons (Fsp3) is 0.820. The van der Waals surface area contributed by atoms with E-state index in [9.17, 15) is 19.4 Å². The fourth-order valence-electron chi connectivity index (χ4n) is 8.53. The number of hydrogen-bond donors (Lipinski definition) is 2. The summed E-state index contributed by atoms with van der Waals surface area (Å²) in [7, 11) is 1.23. The number of aliphatic hydroxyl groups is 1. The van der Waals surface area contributed by atoms with Gasteiger partial charge in [0.2, 0.25) is 5.91 Å². The van der Waals surface area contributed by atoms with E-state index in [2.05, 4.69) is 67.8 Å². The Morgan fingerprint density at radius 3 is 1.29 bits per heavy atom. The van der Waals surface area contributed by atoms with Crippen LogP contribution < -0.4 is 10.2 Å². The third-order valence-electron chi connectivity index (χ3n) is 13.2. The van der Waals surface area contributed by atoms with E-state index in [0.717, 1.165) is 64.2 Å². The number of likely N-dealkylation sites (N-methyl/N-ethyl adjacent to an activating group) is 1. The summed E-state index contributed by atoms with van der Waals surface area (Å²) in [5.74, 6) is -0.219. The van der Waals surface area contributed by atoms with Gasteiger partial charge in [-0.15, -0.1) is 0 Å². The predicted octanol–water partition coefficient (Wildman–Crippen LogP) is 17.5. The number of amides is 1. The van der Waals surface area contributed by atoms with Crippen molar-refractivity contribution in [2.45, 2.75) is 283 Å². The maximum absolute atomic E-state index is 12.9. The number of hydrogen-bond acceptors (Lipinski definition) is 6. The van der Waals surface area contributed by atoms with Crippen molar-refractivity contribution in [3.63, 3.8) is 0 Å². The smallest absolute Gasteiger partial charge is 0.268 e. The maximum Gasteiger partial charge on any atom is 0.268 e. The highest BCUT2D eigenvalue weighted by atomic mass is 31.2. The zero-order valence-corrected chi connectivity index (χ0v) is 47.6. The number of quaternary nitrogens is 1. The molecule has 0 aromatic rings. The van der Waals surface area contributed by atoms with Crippen molar-refractivity contribution in [3.8, 4) is 0 Å². The van der Waals surface area contributed by atoms with Gasteiger partial charge >= 0.3 is 0 Å². The van der Waals surface area contributed by atoms with E-state index < -0.39 is 26.6 Å². The lowest BCUT2D eigenvalue weighted by Gasteiger charge is -2.29. The molecule has 0 aliphatic carbocycles. The van der Waals surface area contributed by atoms with Crippen molar-refractivity contribution in [1.82, 2.24) is 5.32 Å². The van der Waals surface area contributed by atoms with Crippen LogP contribution in [0.2, 0.25) is 0 Å². The number of nitrogens with zero attached hydrogens (tertiary/aromatic N) is 1. The average molecular weight is 1000 g/mol. The Labute approximate surface area is 434 Å². The van der Waals surface area contributed by atoms with Crippen LogP contribution in [-0.2, 0) is 18.4 Å². The molecule has 0 aromatic heterocycles. The second-order valence-corrected chi connectivity index (χ2v) is 22.8. The molecular formula is C61H115N2O6P. The fourth-order valence-corrected chi connectivity index (χ4v) is 9.25. The first-order valence-corrected chi connectivity index (χ1v) is 31.1. The van der Waals surface area contributed by atoms with Crippen LogP contribution in [0.4, 0.5) is 0 Å². The molecule has 0 aliphatic heterocycles. The summed E-state index contributed by atoms with van der Waals surface area (Å²) in [6.07, 6.45) is 70.3. The molecule has 0 aromatic carbocycles. The van der Waals surface area contributed by atoms with Crippen LogP contribution in [0.25, 0.3) is 0 Å². The van der Waals surface area contributed by atoms with E-state index >= 15 is 0 Å². The van der Waals surface area contributed by atoms with Crippen LogP contribution in [0.15, 0.2) is 60.8 Å². The Kier molecular flexibility index (Phi) is 50.7. The molecule has 410 valence electrons. The summed E-state index contributed by atoms with van der Waals surface area (Å²) in [5.41, 5.74) is 0. The van der Waals surface area contributed by atoms with Gasteiger partial charge in [-0.25, -0.2) is 0 Å². The van der Waals surface area contributed by atoms with E-state index in [1.54, 1.807) is 6.08 Å². The lowest BCUT2D eigenvalue weighted by atomic mass is 10.0. The van der Waals surface area contributed by atoms with Gasteiger partial charge in [0, 0.05) is 6.42 Å². The number of phosphoric ester groups is 1. The molecule has 2 N–H and O–H groups in total. The van der Waals surface area contributed by atoms with Crippen LogP contribution in [0.3, 0.4) is 0 Å². The van der Waals surface area contributed by atoms with Gasteiger partial charge < -0.3 is 28.8 Å². The van der Waals surface area contributed by atoms with Crippen molar-refractivity contribution < 1.29 is 32.9 Å². The molecule has 70 heavy (non-hydrogen) atoms. The summed E-state index contributed by atoms with van der Waals surface area (Å²) in [6, 6.07) is -0.914. The topological polar surface area (TPSA) is 108 Å². The number of carbonyl (C=O) groups is 1. The van der Waals surface area contributed by atoms with Crippen molar-refractivity contribution in [3.05, 3.63) is 60.8 Å². The summed E-state index contributed by atoms with van der Waals surface area (Å²) in [6.45, 7) is 4.61. The molecular weight excluding hydrogens is 888 g/mol. The lowest BCUT2D eigenvalue weighted by molar-refractivity contribution is -0.870. The Hall–Kier alpha value is -1.80. The van der Waals surface area contributed by atoms with Crippen LogP contribution in [0.1, 0.15) is 271 Å². The first-order valence-electron chi connectivity index (χ1n) is 29.7. The number of nitrogens with one attached hydrogen (secondary N) is 1. The van der Waals surface area contributed by atoms with E-state index in [4.69, 9.17) is 9.05 Å². The lowest BCUT2D eigenvalue weighted by Crippen LogP contribution is -2.45. The Balaban J connectivity index is 4.23. The number of aliphatic hydroxyl groups excluding tert-OH is 1. The summed E-state index contributed by atoms with van der Waals surface area (Å²) >= 11 is 0. The first-order chi connectivity index (χ1) is 34.0. The highest BCUT2D eigenvalue weighted by molar-refractivity contribution is 7.45. The van der Waals surface area contributed by atoms with Crippen LogP contribution in [0.5, 0.6) is 0 Å². The quantitative estimate of drug-likeness (QED) is 0.0272. The first kappa shape index (κ1) is 68.2. The van der Waals surface area contributed by atoms with E-state index in [-0.39, 0.29) is 12.5 Å². The van der Waals surface area contributed by atoms with Gasteiger partial charge in [0.15, 0.2) is 0 Å². The molecule has 0 aliphatic rings. The van der Waals surface area contributed by atoms with Crippen LogP contribution in [-0.4, -0.2) is 68.5 Å². The molecule has 0 saturated carbocycles. The van der Waals surface area contributed by atoms with Gasteiger partial charge in [-0.05, 0) is 70.6 Å². The molecule has 8 nitrogen and oxygen atoms in total. The van der Waals surface area contributed by atoms with E-state index in [0.29, 0.717) is 17.4 Å². The number of carbonyl (C=O) groups excluding carboxylic acids is 1. The van der Waals surface area contributed by atoms with Crippen molar-refractivity contribution >= 4 is 13.7 Å². The van der Waals surface area contributed by atoms with Crippen molar-refractivity contribution in [1.29, 1.82) is 0 Å². The molecule has 3 atom stereocenters. The monoisotopic (exact) mass is 1000 g/mol. The summed E-state index contributed by atoms with van der Waals surface area (Å²) in [4.78, 5) is 25.5. The third kappa shape index (κ3) is 54.0. The van der Waals surface area contributed by atoms with Gasteiger partial charge in [0.25, 0.3) is 7.82 Å². The average Bonchev–Trinajstić information content (AvgIpc) is 3.32. The highest BCUT2D eigenvalue weighted by Gasteiger charge is 2.23. The van der Waals surface area contributed by atoms with Crippen molar-refractivity contribution in [2.75, 3.05) is 40.9 Å². The van der Waals surface area contributed by atoms with Gasteiger partial charge in [0.1, 0.15) is 13.2 Å². The van der Waals surface area contributed by atoms with Crippen LogP contribution in [0, 0.1) is 0 Å². The Morgan fingerprint density at radius 2 is 0.843 bits per heavy atom. The molecule has 0 rings (SSSR count). The standard InChI is InChI=1S/C61H115N2O6P/c1-6-8-10-12-14-16-18-20-22-24-26-27-28-29-30-31-32-33-34-35-37-38-40-42-44-46-48-50-52-54-60(64)59(58-69-70(66,67)68-57-56-63(3,4)5)62-61(65)55-53-51-49-47-45-43-41-39-36-25-23-21-19-17-15-13-11-9-7-2/h15,17,21,23,36,39,44,46,52,54,59-60,64H,6-14,16,18-20,22,24-35,37-38,40-43,45,47-51,53,55-58H2,1-5H3,(H-,62,65,66,67)/b17-15-,23-21-,39-36-,46-44+,54-52+. The molecule has 0 spiro atoms. The van der Waals surface area contributed by atoms with E-state index in [1.165, 1.54) is 186 Å².